The van der Waals surface area contributed by atoms with Crippen molar-refractivity contribution < 1.29 is 10.2 Å². The zero-order valence-corrected chi connectivity index (χ0v) is 7.62. The summed E-state index contributed by atoms with van der Waals surface area (Å²) in [5, 5.41) is 17.7. The maximum atomic E-state index is 9.05. The van der Waals surface area contributed by atoms with Gasteiger partial charge in [-0.05, 0) is 13.5 Å². The molecule has 1 fully saturated rings. The van der Waals surface area contributed by atoms with Gasteiger partial charge in [-0.25, -0.2) is 0 Å². The van der Waals surface area contributed by atoms with E-state index in [-0.39, 0.29) is 18.8 Å². The van der Waals surface area contributed by atoms with E-state index in [2.05, 4.69) is 0 Å². The lowest BCUT2D eigenvalue weighted by molar-refractivity contribution is 0.180. The Balaban J connectivity index is 0.000000461. The summed E-state index contributed by atoms with van der Waals surface area (Å²) >= 11 is 0. The molecule has 11 heavy (non-hydrogen) atoms. The van der Waals surface area contributed by atoms with Gasteiger partial charge in [0.2, 0.25) is 0 Å². The third-order valence-electron chi connectivity index (χ3n) is 1.88. The number of likely N-dealkylation sites (N-methyl/N-ethyl adjacent to an activating group) is 1. The number of aliphatic hydroxyl groups excluding tert-OH is 2. The lowest BCUT2D eigenvalue weighted by Gasteiger charge is -2.14. The van der Waals surface area contributed by atoms with Crippen molar-refractivity contribution in [3.05, 3.63) is 0 Å². The summed E-state index contributed by atoms with van der Waals surface area (Å²) in [5.74, 6) is 0. The van der Waals surface area contributed by atoms with E-state index in [1.54, 1.807) is 0 Å². The number of β-amino-alcohol motifs (C(OH)–C–C–N with tert-alkyl or cyclic N) is 1. The van der Waals surface area contributed by atoms with Gasteiger partial charge in [0.15, 0.2) is 0 Å². The third kappa shape index (κ3) is 3.18. The molecule has 1 aliphatic heterocycles. The molecule has 2 unspecified atom stereocenters. The van der Waals surface area contributed by atoms with Gasteiger partial charge in [0.05, 0.1) is 12.7 Å². The largest absolute Gasteiger partial charge is 0.395 e. The quantitative estimate of drug-likeness (QED) is 0.572. The lowest BCUT2D eigenvalue weighted by Crippen LogP contribution is -2.27. The van der Waals surface area contributed by atoms with E-state index >= 15 is 0 Å². The molecule has 2 atom stereocenters. The molecule has 68 valence electrons. The molecular formula is C8H19NO2. The van der Waals surface area contributed by atoms with Crippen LogP contribution in [0.2, 0.25) is 0 Å². The Kier molecular flexibility index (Phi) is 5.46. The highest BCUT2D eigenvalue weighted by Crippen LogP contribution is 2.13. The van der Waals surface area contributed by atoms with Crippen LogP contribution in [0.1, 0.15) is 20.3 Å². The molecule has 0 radical (unpaired) electrons. The van der Waals surface area contributed by atoms with Crippen molar-refractivity contribution >= 4 is 0 Å². The zero-order valence-electron chi connectivity index (χ0n) is 7.62. The van der Waals surface area contributed by atoms with Gasteiger partial charge in [0, 0.05) is 12.6 Å². The minimum atomic E-state index is -0.229. The van der Waals surface area contributed by atoms with E-state index in [0.29, 0.717) is 13.0 Å². The predicted molar refractivity (Wildman–Crippen MR) is 45.5 cm³/mol. The van der Waals surface area contributed by atoms with Crippen LogP contribution in [0.15, 0.2) is 0 Å². The standard InChI is InChI=1S/C6H13NO2.C2H6/c1-7-3-6(9)2-5(7)4-8;1-2/h5-6,8-9H,2-4H2,1H3;1-2H3. The van der Waals surface area contributed by atoms with Crippen molar-refractivity contribution in [3.8, 4) is 0 Å². The van der Waals surface area contributed by atoms with Gasteiger partial charge in [0.1, 0.15) is 0 Å². The molecule has 0 spiro atoms. The molecule has 0 aliphatic carbocycles. The van der Waals surface area contributed by atoms with Crippen molar-refractivity contribution in [1.29, 1.82) is 0 Å². The van der Waals surface area contributed by atoms with Crippen molar-refractivity contribution in [2.45, 2.75) is 32.4 Å². The highest BCUT2D eigenvalue weighted by molar-refractivity contribution is 4.81. The van der Waals surface area contributed by atoms with Crippen molar-refractivity contribution in [1.82, 2.24) is 4.90 Å². The fraction of sp³-hybridized carbons (Fsp3) is 1.00. The Bertz CT molecular complexity index is 98.1. The van der Waals surface area contributed by atoms with Gasteiger partial charge in [-0.15, -0.1) is 0 Å². The normalized spacial score (nSPS) is 31.4. The summed E-state index contributed by atoms with van der Waals surface area (Å²) in [7, 11) is 1.91. The number of aliphatic hydroxyl groups is 2. The molecule has 0 aromatic carbocycles. The number of nitrogens with zero attached hydrogens (tertiary/aromatic N) is 1. The van der Waals surface area contributed by atoms with Crippen LogP contribution in [-0.4, -0.2) is 47.5 Å². The molecule has 3 nitrogen and oxygen atoms in total. The van der Waals surface area contributed by atoms with Crippen molar-refractivity contribution in [3.63, 3.8) is 0 Å². The Hall–Kier alpha value is -0.120. The first-order chi connectivity index (χ1) is 5.24. The van der Waals surface area contributed by atoms with E-state index in [4.69, 9.17) is 10.2 Å². The molecule has 2 N–H and O–H groups in total. The van der Waals surface area contributed by atoms with E-state index in [0.717, 1.165) is 0 Å². The highest BCUT2D eigenvalue weighted by atomic mass is 16.3. The van der Waals surface area contributed by atoms with E-state index in [9.17, 15) is 0 Å². The minimum Gasteiger partial charge on any atom is -0.395 e. The van der Waals surface area contributed by atoms with E-state index in [1.807, 2.05) is 25.8 Å². The summed E-state index contributed by atoms with van der Waals surface area (Å²) in [6, 6.07) is 0.181. The lowest BCUT2D eigenvalue weighted by atomic mass is 10.2. The van der Waals surface area contributed by atoms with Gasteiger partial charge in [-0.2, -0.15) is 0 Å². The Morgan fingerprint density at radius 1 is 1.45 bits per heavy atom. The summed E-state index contributed by atoms with van der Waals surface area (Å²) in [4.78, 5) is 1.98. The topological polar surface area (TPSA) is 43.7 Å². The van der Waals surface area contributed by atoms with Crippen LogP contribution in [-0.2, 0) is 0 Å². The molecule has 1 saturated heterocycles. The second-order valence-electron chi connectivity index (χ2n) is 2.67. The predicted octanol–water partition coefficient (Wildman–Crippen LogP) is 0.0699. The SMILES string of the molecule is CC.CN1CC(O)CC1CO. The molecule has 0 bridgehead atoms. The zero-order chi connectivity index (χ0) is 8.85. The van der Waals surface area contributed by atoms with Crippen LogP contribution in [0.5, 0.6) is 0 Å². The summed E-state index contributed by atoms with van der Waals surface area (Å²) < 4.78 is 0. The first-order valence-electron chi connectivity index (χ1n) is 4.23. The average Bonchev–Trinajstić information content (AvgIpc) is 2.33. The Labute approximate surface area is 68.6 Å². The van der Waals surface area contributed by atoms with Gasteiger partial charge in [0.25, 0.3) is 0 Å². The first kappa shape index (κ1) is 10.9. The van der Waals surface area contributed by atoms with E-state index in [1.165, 1.54) is 0 Å². The minimum absolute atomic E-state index is 0.160. The van der Waals surface area contributed by atoms with Crippen LogP contribution in [0.4, 0.5) is 0 Å². The Morgan fingerprint density at radius 3 is 2.18 bits per heavy atom. The van der Waals surface area contributed by atoms with Crippen LogP contribution in [0.3, 0.4) is 0 Å². The highest BCUT2D eigenvalue weighted by Gasteiger charge is 2.26. The molecule has 0 amide bonds. The smallest absolute Gasteiger partial charge is 0.0682 e. The van der Waals surface area contributed by atoms with Gasteiger partial charge in [-0.3, -0.25) is 4.90 Å². The second-order valence-corrected chi connectivity index (χ2v) is 2.67. The monoisotopic (exact) mass is 161 g/mol. The molecular weight excluding hydrogens is 142 g/mol. The molecule has 0 aromatic rings. The van der Waals surface area contributed by atoms with E-state index < -0.39 is 0 Å². The van der Waals surface area contributed by atoms with Crippen LogP contribution >= 0.6 is 0 Å². The first-order valence-corrected chi connectivity index (χ1v) is 4.23. The molecule has 0 saturated carbocycles. The number of hydrogen-bond donors (Lipinski definition) is 2. The van der Waals surface area contributed by atoms with Gasteiger partial charge < -0.3 is 10.2 Å². The van der Waals surface area contributed by atoms with Crippen molar-refractivity contribution in [2.75, 3.05) is 20.2 Å². The van der Waals surface area contributed by atoms with Crippen LogP contribution in [0, 0.1) is 0 Å². The fourth-order valence-corrected chi connectivity index (χ4v) is 1.26. The molecule has 1 rings (SSSR count). The van der Waals surface area contributed by atoms with Crippen LogP contribution < -0.4 is 0 Å². The molecule has 0 aromatic heterocycles. The Morgan fingerprint density at radius 2 is 2.00 bits per heavy atom. The molecule has 1 heterocycles. The third-order valence-corrected chi connectivity index (χ3v) is 1.88. The van der Waals surface area contributed by atoms with Crippen LogP contribution in [0.25, 0.3) is 0 Å². The number of hydrogen-bond acceptors (Lipinski definition) is 3. The summed E-state index contributed by atoms with van der Waals surface area (Å²) in [5.41, 5.74) is 0. The number of rotatable bonds is 1. The number of likely N-dealkylation sites (tertiary alicyclic amines) is 1. The second kappa shape index (κ2) is 5.52. The molecule has 1 aliphatic rings. The molecule has 3 heteroatoms. The average molecular weight is 161 g/mol. The summed E-state index contributed by atoms with van der Waals surface area (Å²) in [6.45, 7) is 4.86. The maximum absolute atomic E-state index is 9.05. The van der Waals surface area contributed by atoms with Gasteiger partial charge in [-0.1, -0.05) is 13.8 Å². The summed E-state index contributed by atoms with van der Waals surface area (Å²) in [6.07, 6.45) is 0.486. The maximum Gasteiger partial charge on any atom is 0.0682 e. The fourth-order valence-electron chi connectivity index (χ4n) is 1.26. The van der Waals surface area contributed by atoms with Gasteiger partial charge >= 0.3 is 0 Å². The van der Waals surface area contributed by atoms with Crippen molar-refractivity contribution in [2.24, 2.45) is 0 Å².